The minimum absolute atomic E-state index is 0.108. The standard InChI is InChI=1S/C21H27FN4O2/c1-16(28-19-10-6-9-18(22)13-19)14-25-21(23-2)26-15-20(27)24-12-11-17-7-4-3-5-8-17/h3-10,13,16H,11-12,14-15H2,1-2H3,(H,24,27)(H2,23,25,26). The molecule has 2 aromatic carbocycles. The Morgan fingerprint density at radius 2 is 1.89 bits per heavy atom. The number of amides is 1. The van der Waals surface area contributed by atoms with E-state index in [1.165, 1.54) is 17.7 Å². The molecule has 0 fully saturated rings. The molecule has 0 saturated heterocycles. The van der Waals surface area contributed by atoms with E-state index in [0.29, 0.717) is 24.8 Å². The van der Waals surface area contributed by atoms with Crippen molar-refractivity contribution < 1.29 is 13.9 Å². The van der Waals surface area contributed by atoms with E-state index in [1.807, 2.05) is 37.3 Å². The van der Waals surface area contributed by atoms with Crippen LogP contribution in [0.3, 0.4) is 0 Å². The van der Waals surface area contributed by atoms with Crippen LogP contribution < -0.4 is 20.7 Å². The molecule has 2 aromatic rings. The van der Waals surface area contributed by atoms with Crippen LogP contribution in [0.25, 0.3) is 0 Å². The van der Waals surface area contributed by atoms with Gasteiger partial charge >= 0.3 is 0 Å². The molecule has 0 aliphatic heterocycles. The van der Waals surface area contributed by atoms with Gasteiger partial charge in [-0.15, -0.1) is 0 Å². The van der Waals surface area contributed by atoms with Crippen molar-refractivity contribution in [2.75, 3.05) is 26.7 Å². The molecule has 7 heteroatoms. The number of hydrogen-bond acceptors (Lipinski definition) is 3. The van der Waals surface area contributed by atoms with Crippen molar-refractivity contribution >= 4 is 11.9 Å². The summed E-state index contributed by atoms with van der Waals surface area (Å²) >= 11 is 0. The molecule has 0 saturated carbocycles. The van der Waals surface area contributed by atoms with Gasteiger partial charge in [0.25, 0.3) is 0 Å². The Morgan fingerprint density at radius 3 is 2.61 bits per heavy atom. The second kappa shape index (κ2) is 11.6. The predicted molar refractivity (Wildman–Crippen MR) is 109 cm³/mol. The molecule has 1 unspecified atom stereocenters. The van der Waals surface area contributed by atoms with E-state index >= 15 is 0 Å². The minimum atomic E-state index is -0.339. The number of ether oxygens (including phenoxy) is 1. The second-order valence-electron chi connectivity index (χ2n) is 6.28. The van der Waals surface area contributed by atoms with Gasteiger partial charge in [0, 0.05) is 19.7 Å². The number of guanidine groups is 1. The van der Waals surface area contributed by atoms with Gasteiger partial charge in [-0.2, -0.15) is 0 Å². The first-order valence-electron chi connectivity index (χ1n) is 9.24. The van der Waals surface area contributed by atoms with E-state index in [-0.39, 0.29) is 24.4 Å². The molecule has 3 N–H and O–H groups in total. The highest BCUT2D eigenvalue weighted by Gasteiger charge is 2.08. The first-order valence-corrected chi connectivity index (χ1v) is 9.24. The number of halogens is 1. The van der Waals surface area contributed by atoms with Gasteiger partial charge in [0.05, 0.1) is 13.1 Å². The van der Waals surface area contributed by atoms with Crippen LogP contribution in [0.2, 0.25) is 0 Å². The summed E-state index contributed by atoms with van der Waals surface area (Å²) < 4.78 is 18.8. The van der Waals surface area contributed by atoms with Gasteiger partial charge < -0.3 is 20.7 Å². The van der Waals surface area contributed by atoms with Crippen molar-refractivity contribution in [1.29, 1.82) is 0 Å². The van der Waals surface area contributed by atoms with Crippen LogP contribution in [0, 0.1) is 5.82 Å². The van der Waals surface area contributed by atoms with E-state index in [1.54, 1.807) is 19.2 Å². The summed E-state index contributed by atoms with van der Waals surface area (Å²) in [6.07, 6.45) is 0.578. The third-order valence-corrected chi connectivity index (χ3v) is 3.91. The van der Waals surface area contributed by atoms with Gasteiger partial charge in [-0.25, -0.2) is 4.39 Å². The summed E-state index contributed by atoms with van der Waals surface area (Å²) in [5.74, 6) is 0.513. The van der Waals surface area contributed by atoms with Crippen molar-refractivity contribution in [3.05, 3.63) is 66.0 Å². The van der Waals surface area contributed by atoms with E-state index in [9.17, 15) is 9.18 Å². The first kappa shape index (κ1) is 21.2. The Balaban J connectivity index is 1.64. The zero-order valence-electron chi connectivity index (χ0n) is 16.2. The molecule has 0 heterocycles. The lowest BCUT2D eigenvalue weighted by atomic mass is 10.1. The average Bonchev–Trinajstić information content (AvgIpc) is 2.69. The number of aliphatic imine (C=N–C) groups is 1. The molecule has 0 spiro atoms. The van der Waals surface area contributed by atoms with E-state index in [2.05, 4.69) is 20.9 Å². The normalized spacial score (nSPS) is 12.2. The number of benzene rings is 2. The highest BCUT2D eigenvalue weighted by atomic mass is 19.1. The zero-order chi connectivity index (χ0) is 20.2. The predicted octanol–water partition coefficient (Wildman–Crippen LogP) is 2.12. The van der Waals surface area contributed by atoms with Crippen LogP contribution in [-0.4, -0.2) is 44.7 Å². The Kier molecular flexibility index (Phi) is 8.78. The molecule has 0 bridgehead atoms. The first-order chi connectivity index (χ1) is 13.6. The summed E-state index contributed by atoms with van der Waals surface area (Å²) in [6, 6.07) is 16.0. The lowest BCUT2D eigenvalue weighted by Gasteiger charge is -2.17. The fourth-order valence-corrected chi connectivity index (χ4v) is 2.49. The Morgan fingerprint density at radius 1 is 1.11 bits per heavy atom. The number of carbonyl (C=O) groups is 1. The molecule has 0 aliphatic rings. The zero-order valence-corrected chi connectivity index (χ0v) is 16.2. The average molecular weight is 386 g/mol. The van der Waals surface area contributed by atoms with Gasteiger partial charge in [0.1, 0.15) is 17.7 Å². The van der Waals surface area contributed by atoms with Gasteiger partial charge in [0.15, 0.2) is 5.96 Å². The monoisotopic (exact) mass is 386 g/mol. The minimum Gasteiger partial charge on any atom is -0.489 e. The highest BCUT2D eigenvalue weighted by molar-refractivity contribution is 5.86. The number of hydrogen-bond donors (Lipinski definition) is 3. The molecular formula is C21H27FN4O2. The maximum absolute atomic E-state index is 13.2. The Hall–Kier alpha value is -3.09. The SMILES string of the molecule is CN=C(NCC(=O)NCCc1ccccc1)NCC(C)Oc1cccc(F)c1. The number of nitrogens with one attached hydrogen (secondary N) is 3. The van der Waals surface area contributed by atoms with Crippen molar-refractivity contribution in [2.24, 2.45) is 4.99 Å². The van der Waals surface area contributed by atoms with Crippen molar-refractivity contribution in [3.63, 3.8) is 0 Å². The van der Waals surface area contributed by atoms with E-state index < -0.39 is 0 Å². The maximum Gasteiger partial charge on any atom is 0.239 e. The summed E-state index contributed by atoms with van der Waals surface area (Å²) in [5.41, 5.74) is 1.18. The summed E-state index contributed by atoms with van der Waals surface area (Å²) in [4.78, 5) is 16.0. The fraction of sp³-hybridized carbons (Fsp3) is 0.333. The van der Waals surface area contributed by atoms with Crippen molar-refractivity contribution in [2.45, 2.75) is 19.4 Å². The molecule has 6 nitrogen and oxygen atoms in total. The van der Waals surface area contributed by atoms with Crippen LogP contribution in [0.15, 0.2) is 59.6 Å². The Labute approximate surface area is 165 Å². The molecule has 0 radical (unpaired) electrons. The fourth-order valence-electron chi connectivity index (χ4n) is 2.49. The maximum atomic E-state index is 13.2. The second-order valence-corrected chi connectivity index (χ2v) is 6.28. The quantitative estimate of drug-likeness (QED) is 0.456. The third kappa shape index (κ3) is 8.07. The van der Waals surface area contributed by atoms with E-state index in [0.717, 1.165) is 6.42 Å². The summed E-state index contributed by atoms with van der Waals surface area (Å²) in [6.45, 7) is 3.01. The lowest BCUT2D eigenvalue weighted by molar-refractivity contribution is -0.119. The highest BCUT2D eigenvalue weighted by Crippen LogP contribution is 2.13. The smallest absolute Gasteiger partial charge is 0.239 e. The van der Waals surface area contributed by atoms with Crippen LogP contribution >= 0.6 is 0 Å². The molecular weight excluding hydrogens is 359 g/mol. The molecule has 28 heavy (non-hydrogen) atoms. The van der Waals surface area contributed by atoms with Crippen LogP contribution in [-0.2, 0) is 11.2 Å². The molecule has 150 valence electrons. The number of nitrogens with zero attached hydrogens (tertiary/aromatic N) is 1. The van der Waals surface area contributed by atoms with Crippen LogP contribution in [0.1, 0.15) is 12.5 Å². The molecule has 1 atom stereocenters. The van der Waals surface area contributed by atoms with Gasteiger partial charge in [0.2, 0.25) is 5.91 Å². The summed E-state index contributed by atoms with van der Waals surface area (Å²) in [5, 5.41) is 8.91. The number of carbonyl (C=O) groups excluding carboxylic acids is 1. The summed E-state index contributed by atoms with van der Waals surface area (Å²) in [7, 11) is 1.63. The topological polar surface area (TPSA) is 74.8 Å². The largest absolute Gasteiger partial charge is 0.489 e. The number of rotatable bonds is 9. The third-order valence-electron chi connectivity index (χ3n) is 3.91. The van der Waals surface area contributed by atoms with Crippen molar-refractivity contribution in [3.8, 4) is 5.75 Å². The molecule has 0 aromatic heterocycles. The van der Waals surface area contributed by atoms with Crippen LogP contribution in [0.4, 0.5) is 4.39 Å². The molecule has 1 amide bonds. The Bertz CT molecular complexity index is 768. The lowest BCUT2D eigenvalue weighted by Crippen LogP contribution is -2.45. The van der Waals surface area contributed by atoms with Gasteiger partial charge in [-0.3, -0.25) is 9.79 Å². The van der Waals surface area contributed by atoms with E-state index in [4.69, 9.17) is 4.74 Å². The van der Waals surface area contributed by atoms with Gasteiger partial charge in [-0.05, 0) is 31.0 Å². The van der Waals surface area contributed by atoms with Crippen molar-refractivity contribution in [1.82, 2.24) is 16.0 Å². The van der Waals surface area contributed by atoms with Crippen LogP contribution in [0.5, 0.6) is 5.75 Å². The molecule has 2 rings (SSSR count). The molecule has 0 aliphatic carbocycles. The van der Waals surface area contributed by atoms with Gasteiger partial charge in [-0.1, -0.05) is 36.4 Å².